The van der Waals surface area contributed by atoms with E-state index in [1.807, 2.05) is 0 Å². The average molecular weight is 226 g/mol. The van der Waals surface area contributed by atoms with Gasteiger partial charge in [-0.2, -0.15) is 0 Å². The molecule has 0 bridgehead atoms. The van der Waals surface area contributed by atoms with Gasteiger partial charge in [-0.05, 0) is 37.6 Å². The van der Waals surface area contributed by atoms with Crippen LogP contribution in [0.25, 0.3) is 0 Å². The highest BCUT2D eigenvalue weighted by molar-refractivity contribution is 4.84. The molecule has 0 amide bonds. The van der Waals surface area contributed by atoms with Gasteiger partial charge < -0.3 is 15.3 Å². The molecule has 1 saturated carbocycles. The van der Waals surface area contributed by atoms with Crippen molar-refractivity contribution in [3.8, 4) is 0 Å². The number of piperidine rings is 1. The molecule has 0 spiro atoms. The summed E-state index contributed by atoms with van der Waals surface area (Å²) >= 11 is 0. The van der Waals surface area contributed by atoms with Gasteiger partial charge in [0.15, 0.2) is 0 Å². The molecule has 1 unspecified atom stereocenters. The van der Waals surface area contributed by atoms with Gasteiger partial charge in [0.25, 0.3) is 0 Å². The van der Waals surface area contributed by atoms with Crippen LogP contribution in [-0.4, -0.2) is 48.3 Å². The Labute approximate surface area is 99.2 Å². The molecule has 0 radical (unpaired) electrons. The summed E-state index contributed by atoms with van der Waals surface area (Å²) in [6, 6.07) is 0.701. The van der Waals surface area contributed by atoms with Crippen molar-refractivity contribution < 1.29 is 5.11 Å². The Kier molecular flexibility index (Phi) is 3.88. The summed E-state index contributed by atoms with van der Waals surface area (Å²) in [6.45, 7) is 8.55. The number of likely N-dealkylation sites (tertiary alicyclic amines) is 1. The summed E-state index contributed by atoms with van der Waals surface area (Å²) < 4.78 is 0. The van der Waals surface area contributed by atoms with Crippen molar-refractivity contribution in [1.82, 2.24) is 10.2 Å². The van der Waals surface area contributed by atoms with Gasteiger partial charge in [0.05, 0.1) is 6.10 Å². The summed E-state index contributed by atoms with van der Waals surface area (Å²) in [5, 5.41) is 13.3. The minimum atomic E-state index is -0.200. The molecule has 94 valence electrons. The first kappa shape index (κ1) is 12.3. The lowest BCUT2D eigenvalue weighted by Gasteiger charge is -2.38. The summed E-state index contributed by atoms with van der Waals surface area (Å²) in [7, 11) is 0. The Morgan fingerprint density at radius 3 is 2.81 bits per heavy atom. The minimum absolute atomic E-state index is 0.200. The second-order valence-electron chi connectivity index (χ2n) is 6.34. The first-order chi connectivity index (χ1) is 7.55. The van der Waals surface area contributed by atoms with Gasteiger partial charge >= 0.3 is 0 Å². The Hall–Kier alpha value is -0.120. The molecule has 1 aliphatic heterocycles. The predicted octanol–water partition coefficient (Wildman–Crippen LogP) is 1.22. The number of hydrogen-bond acceptors (Lipinski definition) is 3. The molecule has 0 aromatic rings. The standard InChI is InChI=1S/C13H26N2O/c1-13(2)6-3-7-15(10-13)9-12(16)8-14-11-4-5-11/h11-12,14,16H,3-10H2,1-2H3. The Morgan fingerprint density at radius 1 is 1.44 bits per heavy atom. The molecule has 0 aromatic carbocycles. The smallest absolute Gasteiger partial charge is 0.0791 e. The van der Waals surface area contributed by atoms with Gasteiger partial charge in [0.1, 0.15) is 0 Å². The fraction of sp³-hybridized carbons (Fsp3) is 1.00. The monoisotopic (exact) mass is 226 g/mol. The van der Waals surface area contributed by atoms with Gasteiger partial charge in [0.2, 0.25) is 0 Å². The van der Waals surface area contributed by atoms with Gasteiger partial charge in [-0.3, -0.25) is 0 Å². The molecule has 2 fully saturated rings. The lowest BCUT2D eigenvalue weighted by Crippen LogP contribution is -2.45. The third kappa shape index (κ3) is 4.04. The van der Waals surface area contributed by atoms with Crippen molar-refractivity contribution in [2.75, 3.05) is 26.2 Å². The zero-order valence-corrected chi connectivity index (χ0v) is 10.7. The van der Waals surface area contributed by atoms with Crippen molar-refractivity contribution >= 4 is 0 Å². The summed E-state index contributed by atoms with van der Waals surface area (Å²) in [5.41, 5.74) is 0.432. The van der Waals surface area contributed by atoms with Gasteiger partial charge in [-0.15, -0.1) is 0 Å². The highest BCUT2D eigenvalue weighted by Crippen LogP contribution is 2.28. The maximum absolute atomic E-state index is 9.94. The van der Waals surface area contributed by atoms with E-state index in [0.717, 1.165) is 26.2 Å². The fourth-order valence-corrected chi connectivity index (χ4v) is 2.65. The number of hydrogen-bond donors (Lipinski definition) is 2. The molecule has 16 heavy (non-hydrogen) atoms. The second kappa shape index (κ2) is 5.03. The van der Waals surface area contributed by atoms with Gasteiger partial charge in [0, 0.05) is 25.7 Å². The summed E-state index contributed by atoms with van der Waals surface area (Å²) in [4.78, 5) is 2.42. The first-order valence-corrected chi connectivity index (χ1v) is 6.69. The topological polar surface area (TPSA) is 35.5 Å². The molecule has 3 heteroatoms. The van der Waals surface area contributed by atoms with E-state index >= 15 is 0 Å². The highest BCUT2D eigenvalue weighted by atomic mass is 16.3. The van der Waals surface area contributed by atoms with Crippen LogP contribution in [0.3, 0.4) is 0 Å². The molecule has 0 aromatic heterocycles. The molecular formula is C13H26N2O. The number of aliphatic hydroxyl groups excluding tert-OH is 1. The van der Waals surface area contributed by atoms with E-state index in [9.17, 15) is 5.11 Å². The largest absolute Gasteiger partial charge is 0.390 e. The number of nitrogens with zero attached hydrogens (tertiary/aromatic N) is 1. The summed E-state index contributed by atoms with van der Waals surface area (Å²) in [5.74, 6) is 0. The van der Waals surface area contributed by atoms with Crippen LogP contribution in [0.4, 0.5) is 0 Å². The third-order valence-electron chi connectivity index (χ3n) is 3.67. The Balaban J connectivity index is 1.66. The predicted molar refractivity (Wildman–Crippen MR) is 66.5 cm³/mol. The number of aliphatic hydroxyl groups is 1. The van der Waals surface area contributed by atoms with Crippen molar-refractivity contribution in [3.05, 3.63) is 0 Å². The van der Waals surface area contributed by atoms with E-state index in [2.05, 4.69) is 24.1 Å². The fourth-order valence-electron chi connectivity index (χ4n) is 2.65. The van der Waals surface area contributed by atoms with Gasteiger partial charge in [-0.25, -0.2) is 0 Å². The Morgan fingerprint density at radius 2 is 2.19 bits per heavy atom. The molecule has 2 aliphatic rings. The molecule has 2 N–H and O–H groups in total. The van der Waals surface area contributed by atoms with Crippen molar-refractivity contribution in [2.45, 2.75) is 51.7 Å². The van der Waals surface area contributed by atoms with Crippen molar-refractivity contribution in [1.29, 1.82) is 0 Å². The summed E-state index contributed by atoms with van der Waals surface area (Å²) in [6.07, 6.45) is 4.98. The lowest BCUT2D eigenvalue weighted by atomic mass is 9.84. The van der Waals surface area contributed by atoms with E-state index < -0.39 is 0 Å². The maximum Gasteiger partial charge on any atom is 0.0791 e. The van der Waals surface area contributed by atoms with E-state index in [1.54, 1.807) is 0 Å². The van der Waals surface area contributed by atoms with Crippen LogP contribution in [-0.2, 0) is 0 Å². The minimum Gasteiger partial charge on any atom is -0.390 e. The van der Waals surface area contributed by atoms with E-state index in [-0.39, 0.29) is 6.10 Å². The third-order valence-corrected chi connectivity index (χ3v) is 3.67. The molecule has 1 saturated heterocycles. The first-order valence-electron chi connectivity index (χ1n) is 6.69. The van der Waals surface area contributed by atoms with Crippen LogP contribution >= 0.6 is 0 Å². The highest BCUT2D eigenvalue weighted by Gasteiger charge is 2.28. The van der Waals surface area contributed by atoms with E-state index in [0.29, 0.717) is 11.5 Å². The Bertz CT molecular complexity index is 226. The number of nitrogens with one attached hydrogen (secondary N) is 1. The molecule has 1 aliphatic carbocycles. The van der Waals surface area contributed by atoms with Crippen molar-refractivity contribution in [3.63, 3.8) is 0 Å². The average Bonchev–Trinajstić information content (AvgIpc) is 2.96. The van der Waals surface area contributed by atoms with Crippen LogP contribution in [0.2, 0.25) is 0 Å². The number of rotatable bonds is 5. The zero-order valence-electron chi connectivity index (χ0n) is 10.7. The quantitative estimate of drug-likeness (QED) is 0.740. The lowest BCUT2D eigenvalue weighted by molar-refractivity contribution is 0.0599. The van der Waals surface area contributed by atoms with Crippen molar-refractivity contribution in [2.24, 2.45) is 5.41 Å². The maximum atomic E-state index is 9.94. The number of β-amino-alcohol motifs (C(OH)–C–C–N with tert-alkyl or cyclic N) is 1. The molecule has 1 atom stereocenters. The molecule has 3 nitrogen and oxygen atoms in total. The van der Waals surface area contributed by atoms with Crippen LogP contribution < -0.4 is 5.32 Å². The van der Waals surface area contributed by atoms with E-state index in [1.165, 1.54) is 25.7 Å². The van der Waals surface area contributed by atoms with Crippen LogP contribution in [0, 0.1) is 5.41 Å². The second-order valence-corrected chi connectivity index (χ2v) is 6.34. The normalized spacial score (nSPS) is 27.9. The molecule has 2 rings (SSSR count). The van der Waals surface area contributed by atoms with Crippen LogP contribution in [0.15, 0.2) is 0 Å². The van der Waals surface area contributed by atoms with Crippen LogP contribution in [0.5, 0.6) is 0 Å². The zero-order chi connectivity index (χ0) is 11.6. The van der Waals surface area contributed by atoms with Gasteiger partial charge in [-0.1, -0.05) is 13.8 Å². The SMILES string of the molecule is CC1(C)CCCN(CC(O)CNC2CC2)C1. The molecular weight excluding hydrogens is 200 g/mol. The van der Waals surface area contributed by atoms with E-state index in [4.69, 9.17) is 0 Å². The van der Waals surface area contributed by atoms with Crippen LogP contribution in [0.1, 0.15) is 39.5 Å². The molecule has 1 heterocycles.